The zero-order chi connectivity index (χ0) is 16.1. The van der Waals surface area contributed by atoms with Crippen LogP contribution in [0.1, 0.15) is 5.56 Å². The quantitative estimate of drug-likeness (QED) is 0.700. The van der Waals surface area contributed by atoms with Crippen LogP contribution in [0, 0.1) is 11.7 Å². The van der Waals surface area contributed by atoms with Crippen molar-refractivity contribution in [3.8, 4) is 0 Å². The Morgan fingerprint density at radius 3 is 2.59 bits per heavy atom. The number of nitrogens with one attached hydrogen (secondary N) is 1. The number of benzene rings is 1. The molecule has 6 nitrogen and oxygen atoms in total. The summed E-state index contributed by atoms with van der Waals surface area (Å²) in [7, 11) is 0. The van der Waals surface area contributed by atoms with Gasteiger partial charge in [0.15, 0.2) is 0 Å². The Bertz CT molecular complexity index is 645. The van der Waals surface area contributed by atoms with Crippen molar-refractivity contribution in [2.75, 3.05) is 17.6 Å². The summed E-state index contributed by atoms with van der Waals surface area (Å²) in [5.74, 6) is -0.846. The minimum absolute atomic E-state index is 0.0316. The van der Waals surface area contributed by atoms with Crippen LogP contribution in [0.3, 0.4) is 0 Å². The molecule has 1 aromatic carbocycles. The Kier molecular flexibility index (Phi) is 5.11. The second-order valence-corrected chi connectivity index (χ2v) is 5.13. The zero-order valence-corrected chi connectivity index (χ0v) is 12.3. The molecule has 1 amide bonds. The number of nitrogen functional groups attached to an aromatic ring is 1. The molecule has 0 saturated carbocycles. The van der Waals surface area contributed by atoms with E-state index in [4.69, 9.17) is 23.1 Å². The first-order valence-electron chi connectivity index (χ1n) is 6.51. The molecular weight excluding hydrogens is 309 g/mol. The average Bonchev–Trinajstić information content (AvgIpc) is 2.44. The van der Waals surface area contributed by atoms with E-state index in [0.717, 1.165) is 5.56 Å². The van der Waals surface area contributed by atoms with Crippen molar-refractivity contribution in [1.29, 1.82) is 0 Å². The smallest absolute Gasteiger partial charge is 0.223 e. The molecule has 1 heterocycles. The Balaban J connectivity index is 2.02. The predicted octanol–water partition coefficient (Wildman–Crippen LogP) is 1.61. The number of halogens is 2. The van der Waals surface area contributed by atoms with Gasteiger partial charge in [0.05, 0.1) is 5.92 Å². The summed E-state index contributed by atoms with van der Waals surface area (Å²) in [6.07, 6.45) is 0.386. The number of anilines is 2. The van der Waals surface area contributed by atoms with Crippen molar-refractivity contribution in [3.63, 3.8) is 0 Å². The molecule has 0 spiro atoms. The van der Waals surface area contributed by atoms with Crippen molar-refractivity contribution < 1.29 is 9.18 Å². The van der Waals surface area contributed by atoms with Crippen LogP contribution in [0.2, 0.25) is 5.15 Å². The fourth-order valence-electron chi connectivity index (χ4n) is 1.93. The number of primary amides is 1. The SMILES string of the molecule is NC(=O)[C@H](CNc1cc(Cl)nc(N)n1)Cc1ccc(F)cc1. The molecule has 0 aliphatic rings. The topological polar surface area (TPSA) is 107 Å². The van der Waals surface area contributed by atoms with Crippen LogP contribution in [0.4, 0.5) is 16.2 Å². The van der Waals surface area contributed by atoms with E-state index in [2.05, 4.69) is 15.3 Å². The van der Waals surface area contributed by atoms with E-state index in [1.807, 2.05) is 0 Å². The second-order valence-electron chi connectivity index (χ2n) is 4.74. The lowest BCUT2D eigenvalue weighted by Crippen LogP contribution is -2.31. The van der Waals surface area contributed by atoms with E-state index in [9.17, 15) is 9.18 Å². The van der Waals surface area contributed by atoms with E-state index < -0.39 is 11.8 Å². The fourth-order valence-corrected chi connectivity index (χ4v) is 2.12. The maximum absolute atomic E-state index is 12.9. The fraction of sp³-hybridized carbons (Fsp3) is 0.214. The van der Waals surface area contributed by atoms with Crippen LogP contribution < -0.4 is 16.8 Å². The third kappa shape index (κ3) is 4.56. The van der Waals surface area contributed by atoms with E-state index in [-0.39, 0.29) is 23.5 Å². The number of nitrogens with zero attached hydrogens (tertiary/aromatic N) is 2. The van der Waals surface area contributed by atoms with Crippen molar-refractivity contribution in [3.05, 3.63) is 46.9 Å². The number of carbonyl (C=O) groups is 1. The molecule has 116 valence electrons. The third-order valence-corrected chi connectivity index (χ3v) is 3.23. The number of hydrogen-bond donors (Lipinski definition) is 3. The van der Waals surface area contributed by atoms with Crippen LogP contribution in [-0.2, 0) is 11.2 Å². The minimum atomic E-state index is -0.486. The standard InChI is InChI=1S/C14H15ClFN5O/c15-11-6-12(21-14(18)20-11)19-7-9(13(17)22)5-8-1-3-10(16)4-2-8/h1-4,6,9H,5,7H2,(H2,17,22)(H3,18,19,20,21)/t9-/m0/s1. The van der Waals surface area contributed by atoms with Gasteiger partial charge < -0.3 is 16.8 Å². The number of rotatable bonds is 6. The molecule has 2 rings (SSSR count). The maximum atomic E-state index is 12.9. The normalized spacial score (nSPS) is 11.9. The van der Waals surface area contributed by atoms with Crippen LogP contribution in [-0.4, -0.2) is 22.4 Å². The number of nitrogens with two attached hydrogens (primary N) is 2. The summed E-state index contributed by atoms with van der Waals surface area (Å²) in [5.41, 5.74) is 11.7. The molecule has 0 fully saturated rings. The first-order valence-corrected chi connectivity index (χ1v) is 6.89. The summed E-state index contributed by atoms with van der Waals surface area (Å²) in [5, 5.41) is 3.15. The van der Waals surface area contributed by atoms with Gasteiger partial charge in [0.2, 0.25) is 11.9 Å². The second kappa shape index (κ2) is 7.04. The molecule has 0 aliphatic heterocycles. The van der Waals surface area contributed by atoms with E-state index >= 15 is 0 Å². The molecular formula is C14H15ClFN5O. The monoisotopic (exact) mass is 323 g/mol. The number of aromatic nitrogens is 2. The highest BCUT2D eigenvalue weighted by Gasteiger charge is 2.16. The first kappa shape index (κ1) is 16.0. The molecule has 0 saturated heterocycles. The lowest BCUT2D eigenvalue weighted by Gasteiger charge is -2.15. The summed E-state index contributed by atoms with van der Waals surface area (Å²) in [6.45, 7) is 0.249. The molecule has 0 unspecified atom stereocenters. The Labute approximate surface area is 131 Å². The van der Waals surface area contributed by atoms with Gasteiger partial charge in [0.25, 0.3) is 0 Å². The lowest BCUT2D eigenvalue weighted by atomic mass is 9.98. The van der Waals surface area contributed by atoms with Gasteiger partial charge in [-0.1, -0.05) is 23.7 Å². The molecule has 2 aromatic rings. The molecule has 1 atom stereocenters. The van der Waals surface area contributed by atoms with Gasteiger partial charge in [-0.05, 0) is 24.1 Å². The van der Waals surface area contributed by atoms with E-state index in [0.29, 0.717) is 12.2 Å². The molecule has 0 aliphatic carbocycles. The third-order valence-electron chi connectivity index (χ3n) is 3.04. The van der Waals surface area contributed by atoms with Crippen molar-refractivity contribution in [2.24, 2.45) is 11.7 Å². The van der Waals surface area contributed by atoms with Crippen LogP contribution in [0.15, 0.2) is 30.3 Å². The minimum Gasteiger partial charge on any atom is -0.369 e. The van der Waals surface area contributed by atoms with Gasteiger partial charge in [0.1, 0.15) is 16.8 Å². The Hall–Kier alpha value is -2.41. The summed E-state index contributed by atoms with van der Waals surface area (Å²) in [4.78, 5) is 19.2. The van der Waals surface area contributed by atoms with Crippen LogP contribution in [0.5, 0.6) is 0 Å². The lowest BCUT2D eigenvalue weighted by molar-refractivity contribution is -0.121. The van der Waals surface area contributed by atoms with Crippen molar-refractivity contribution >= 4 is 29.3 Å². The zero-order valence-electron chi connectivity index (χ0n) is 11.6. The molecule has 0 radical (unpaired) electrons. The van der Waals surface area contributed by atoms with E-state index in [1.54, 1.807) is 12.1 Å². The summed E-state index contributed by atoms with van der Waals surface area (Å²) >= 11 is 5.77. The number of amides is 1. The van der Waals surface area contributed by atoms with Crippen LogP contribution in [0.25, 0.3) is 0 Å². The van der Waals surface area contributed by atoms with Gasteiger partial charge in [-0.25, -0.2) is 9.37 Å². The Morgan fingerprint density at radius 2 is 2.00 bits per heavy atom. The highest BCUT2D eigenvalue weighted by Crippen LogP contribution is 2.15. The largest absolute Gasteiger partial charge is 0.369 e. The highest BCUT2D eigenvalue weighted by atomic mass is 35.5. The molecule has 8 heteroatoms. The van der Waals surface area contributed by atoms with Crippen molar-refractivity contribution in [2.45, 2.75) is 6.42 Å². The van der Waals surface area contributed by atoms with Gasteiger partial charge in [-0.15, -0.1) is 0 Å². The number of hydrogen-bond acceptors (Lipinski definition) is 5. The predicted molar refractivity (Wildman–Crippen MR) is 82.7 cm³/mol. The van der Waals surface area contributed by atoms with Gasteiger partial charge in [-0.2, -0.15) is 4.98 Å². The van der Waals surface area contributed by atoms with Crippen LogP contribution >= 0.6 is 11.6 Å². The van der Waals surface area contributed by atoms with Gasteiger partial charge in [0, 0.05) is 12.6 Å². The Morgan fingerprint density at radius 1 is 1.32 bits per heavy atom. The molecule has 0 bridgehead atoms. The average molecular weight is 324 g/mol. The van der Waals surface area contributed by atoms with Crippen molar-refractivity contribution in [1.82, 2.24) is 9.97 Å². The number of carbonyl (C=O) groups excluding carboxylic acids is 1. The molecule has 22 heavy (non-hydrogen) atoms. The maximum Gasteiger partial charge on any atom is 0.223 e. The summed E-state index contributed by atoms with van der Waals surface area (Å²) < 4.78 is 12.9. The van der Waals surface area contributed by atoms with Gasteiger partial charge >= 0.3 is 0 Å². The van der Waals surface area contributed by atoms with E-state index in [1.165, 1.54) is 18.2 Å². The molecule has 5 N–H and O–H groups in total. The molecule has 1 aromatic heterocycles. The van der Waals surface area contributed by atoms with Gasteiger partial charge in [-0.3, -0.25) is 4.79 Å². The first-order chi connectivity index (χ1) is 10.4. The summed E-state index contributed by atoms with van der Waals surface area (Å²) in [6, 6.07) is 7.40. The highest BCUT2D eigenvalue weighted by molar-refractivity contribution is 6.29.